The third kappa shape index (κ3) is 2.99. The van der Waals surface area contributed by atoms with E-state index in [4.69, 9.17) is 9.47 Å². The molecule has 0 saturated heterocycles. The van der Waals surface area contributed by atoms with Crippen LogP contribution in [0, 0.1) is 5.92 Å². The van der Waals surface area contributed by atoms with E-state index in [1.54, 1.807) is 19.9 Å². The molecule has 0 bridgehead atoms. The number of allylic oxidation sites excluding steroid dienone is 2. The average Bonchev–Trinajstić information content (AvgIpc) is 2.47. The van der Waals surface area contributed by atoms with Gasteiger partial charge in [-0.1, -0.05) is 12.2 Å². The molecule has 0 aromatic rings. The summed E-state index contributed by atoms with van der Waals surface area (Å²) in [6.07, 6.45) is 5.73. The predicted molar refractivity (Wildman–Crippen MR) is 74.5 cm³/mol. The molecule has 0 saturated carbocycles. The second-order valence-corrected chi connectivity index (χ2v) is 4.34. The molecular weight excluding hydrogens is 274 g/mol. The molecule has 0 aromatic heterocycles. The number of aliphatic imine (C=N–C) groups is 1. The molecule has 2 aliphatic rings. The standard InChI is InChI=1S/C15H15NO5/c1-3-20-14(18)9-5-6-10-12(7-9)16-8-11(13(10)17)15(19)21-4-2/h5-8,10H,3-4H2,1-2H3. The highest BCUT2D eigenvalue weighted by Gasteiger charge is 2.33. The number of rotatable bonds is 4. The fourth-order valence-corrected chi connectivity index (χ4v) is 2.01. The number of esters is 2. The summed E-state index contributed by atoms with van der Waals surface area (Å²) in [6, 6.07) is 0. The van der Waals surface area contributed by atoms with Gasteiger partial charge in [-0.25, -0.2) is 9.59 Å². The van der Waals surface area contributed by atoms with Crippen LogP contribution in [0.25, 0.3) is 0 Å². The zero-order valence-corrected chi connectivity index (χ0v) is 11.8. The maximum Gasteiger partial charge on any atom is 0.343 e. The molecule has 0 N–H and O–H groups in total. The summed E-state index contributed by atoms with van der Waals surface area (Å²) in [5.74, 6) is -2.19. The van der Waals surface area contributed by atoms with E-state index in [1.165, 1.54) is 18.4 Å². The van der Waals surface area contributed by atoms with Gasteiger partial charge in [-0.3, -0.25) is 9.79 Å². The Kier molecular flexibility index (Phi) is 4.47. The minimum absolute atomic E-state index is 0.0803. The molecule has 1 aliphatic heterocycles. The number of ketones is 1. The van der Waals surface area contributed by atoms with Crippen molar-refractivity contribution in [3.05, 3.63) is 35.6 Å². The Morgan fingerprint density at radius 2 is 1.86 bits per heavy atom. The first-order valence-electron chi connectivity index (χ1n) is 6.64. The number of hydrogen-bond acceptors (Lipinski definition) is 6. The molecule has 0 radical (unpaired) electrons. The zero-order chi connectivity index (χ0) is 15.4. The van der Waals surface area contributed by atoms with Crippen molar-refractivity contribution in [2.45, 2.75) is 13.8 Å². The van der Waals surface area contributed by atoms with Crippen LogP contribution in [0.15, 0.2) is 40.6 Å². The number of nitrogens with zero attached hydrogens (tertiary/aromatic N) is 1. The number of hydrogen-bond donors (Lipinski definition) is 0. The van der Waals surface area contributed by atoms with E-state index >= 15 is 0 Å². The first kappa shape index (κ1) is 14.9. The third-order valence-corrected chi connectivity index (χ3v) is 2.99. The quantitative estimate of drug-likeness (QED) is 0.572. The minimum Gasteiger partial charge on any atom is -0.462 e. The van der Waals surface area contributed by atoms with Crippen molar-refractivity contribution < 1.29 is 23.9 Å². The van der Waals surface area contributed by atoms with Gasteiger partial charge in [-0.15, -0.1) is 0 Å². The Balaban J connectivity index is 2.26. The molecule has 21 heavy (non-hydrogen) atoms. The van der Waals surface area contributed by atoms with E-state index in [0.29, 0.717) is 11.3 Å². The Bertz CT molecular complexity index is 610. The lowest BCUT2D eigenvalue weighted by molar-refractivity contribution is -0.140. The molecule has 2 rings (SSSR count). The summed E-state index contributed by atoms with van der Waals surface area (Å²) >= 11 is 0. The second kappa shape index (κ2) is 6.30. The van der Waals surface area contributed by atoms with Gasteiger partial charge in [0.15, 0.2) is 5.78 Å². The lowest BCUT2D eigenvalue weighted by Crippen LogP contribution is -2.31. The highest BCUT2D eigenvalue weighted by Crippen LogP contribution is 2.24. The molecule has 0 fully saturated rings. The van der Waals surface area contributed by atoms with Gasteiger partial charge in [0, 0.05) is 6.20 Å². The maximum atomic E-state index is 12.2. The third-order valence-electron chi connectivity index (χ3n) is 2.99. The van der Waals surface area contributed by atoms with E-state index in [0.717, 1.165) is 0 Å². The second-order valence-electron chi connectivity index (χ2n) is 4.34. The molecule has 1 aliphatic carbocycles. The van der Waals surface area contributed by atoms with Gasteiger partial charge < -0.3 is 9.47 Å². The van der Waals surface area contributed by atoms with Crippen LogP contribution in [0.1, 0.15) is 13.8 Å². The first-order valence-corrected chi connectivity index (χ1v) is 6.64. The SMILES string of the molecule is CCOC(=O)C1=CC2=NC=C(C(=O)OCC)C(=O)C2C=C1. The van der Waals surface area contributed by atoms with Gasteiger partial charge in [-0.2, -0.15) is 0 Å². The van der Waals surface area contributed by atoms with Crippen molar-refractivity contribution in [3.63, 3.8) is 0 Å². The van der Waals surface area contributed by atoms with Crippen LogP contribution in [-0.2, 0) is 23.9 Å². The largest absolute Gasteiger partial charge is 0.462 e. The van der Waals surface area contributed by atoms with Crippen LogP contribution < -0.4 is 0 Å². The van der Waals surface area contributed by atoms with Crippen molar-refractivity contribution >= 4 is 23.4 Å². The van der Waals surface area contributed by atoms with Crippen LogP contribution in [0.5, 0.6) is 0 Å². The van der Waals surface area contributed by atoms with E-state index in [1.807, 2.05) is 0 Å². The minimum atomic E-state index is -0.682. The monoisotopic (exact) mass is 289 g/mol. The summed E-state index contributed by atoms with van der Waals surface area (Å²) < 4.78 is 9.70. The van der Waals surface area contributed by atoms with Gasteiger partial charge in [0.1, 0.15) is 5.57 Å². The summed E-state index contributed by atoms with van der Waals surface area (Å²) in [5, 5.41) is 0. The van der Waals surface area contributed by atoms with Gasteiger partial charge in [0.05, 0.1) is 30.4 Å². The summed E-state index contributed by atoms with van der Waals surface area (Å²) in [4.78, 5) is 39.6. The normalized spacial score (nSPS) is 20.0. The van der Waals surface area contributed by atoms with Crippen LogP contribution in [0.2, 0.25) is 0 Å². The molecule has 110 valence electrons. The van der Waals surface area contributed by atoms with Crippen molar-refractivity contribution in [2.75, 3.05) is 13.2 Å². The van der Waals surface area contributed by atoms with Crippen molar-refractivity contribution in [2.24, 2.45) is 10.9 Å². The van der Waals surface area contributed by atoms with Crippen LogP contribution in [0.4, 0.5) is 0 Å². The topological polar surface area (TPSA) is 82.0 Å². The summed E-state index contributed by atoms with van der Waals surface area (Å²) in [7, 11) is 0. The number of carbonyl (C=O) groups is 3. The molecular formula is C15H15NO5. The van der Waals surface area contributed by atoms with Crippen LogP contribution in [0.3, 0.4) is 0 Å². The fourth-order valence-electron chi connectivity index (χ4n) is 2.01. The predicted octanol–water partition coefficient (Wildman–Crippen LogP) is 1.13. The maximum absolute atomic E-state index is 12.2. The van der Waals surface area contributed by atoms with Crippen LogP contribution >= 0.6 is 0 Å². The molecule has 1 unspecified atom stereocenters. The summed E-state index contributed by atoms with van der Waals surface area (Å²) in [6.45, 7) is 3.83. The number of fused-ring (bicyclic) bond motifs is 1. The van der Waals surface area contributed by atoms with Crippen molar-refractivity contribution in [1.82, 2.24) is 0 Å². The Morgan fingerprint density at radius 1 is 1.19 bits per heavy atom. The molecule has 6 nitrogen and oxygen atoms in total. The average molecular weight is 289 g/mol. The molecule has 0 amide bonds. The zero-order valence-electron chi connectivity index (χ0n) is 11.8. The molecule has 1 heterocycles. The van der Waals surface area contributed by atoms with E-state index < -0.39 is 17.9 Å². The van der Waals surface area contributed by atoms with Crippen molar-refractivity contribution in [3.8, 4) is 0 Å². The van der Waals surface area contributed by atoms with E-state index in [-0.39, 0.29) is 24.6 Å². The number of carbonyl (C=O) groups excluding carboxylic acids is 3. The summed E-state index contributed by atoms with van der Waals surface area (Å²) in [5.41, 5.74) is 0.662. The molecule has 6 heteroatoms. The first-order chi connectivity index (χ1) is 10.1. The van der Waals surface area contributed by atoms with E-state index in [9.17, 15) is 14.4 Å². The van der Waals surface area contributed by atoms with Crippen LogP contribution in [-0.4, -0.2) is 36.6 Å². The lowest BCUT2D eigenvalue weighted by Gasteiger charge is -2.20. The Labute approximate surface area is 121 Å². The Hall–Kier alpha value is -2.50. The highest BCUT2D eigenvalue weighted by atomic mass is 16.5. The molecule has 0 aromatic carbocycles. The molecule has 0 spiro atoms. The smallest absolute Gasteiger partial charge is 0.343 e. The van der Waals surface area contributed by atoms with Gasteiger partial charge in [0.25, 0.3) is 0 Å². The van der Waals surface area contributed by atoms with Crippen molar-refractivity contribution in [1.29, 1.82) is 0 Å². The number of ether oxygens (including phenoxy) is 2. The number of Topliss-reactive ketones (excluding diaryl/α,β-unsaturated/α-hetero) is 1. The van der Waals surface area contributed by atoms with Gasteiger partial charge in [0.2, 0.25) is 0 Å². The molecule has 1 atom stereocenters. The lowest BCUT2D eigenvalue weighted by atomic mass is 9.86. The van der Waals surface area contributed by atoms with Gasteiger partial charge in [-0.05, 0) is 19.9 Å². The highest BCUT2D eigenvalue weighted by molar-refractivity contribution is 6.29. The van der Waals surface area contributed by atoms with Gasteiger partial charge >= 0.3 is 11.9 Å². The fraction of sp³-hybridized carbons (Fsp3) is 0.333. The Morgan fingerprint density at radius 3 is 2.52 bits per heavy atom. The van der Waals surface area contributed by atoms with E-state index in [2.05, 4.69) is 4.99 Å².